The number of anilines is 1. The van der Waals surface area contributed by atoms with Crippen molar-refractivity contribution in [2.75, 3.05) is 17.7 Å². The molecule has 0 saturated heterocycles. The van der Waals surface area contributed by atoms with Crippen molar-refractivity contribution in [2.45, 2.75) is 52.8 Å². The molecule has 7 nitrogen and oxygen atoms in total. The van der Waals surface area contributed by atoms with Crippen LogP contribution in [0.2, 0.25) is 0 Å². The van der Waals surface area contributed by atoms with Crippen LogP contribution in [0.15, 0.2) is 42.5 Å². The molecule has 31 heavy (non-hydrogen) atoms. The molecule has 0 aliphatic carbocycles. The van der Waals surface area contributed by atoms with Crippen LogP contribution in [0.5, 0.6) is 11.5 Å². The van der Waals surface area contributed by atoms with Gasteiger partial charge in [-0.25, -0.2) is 8.42 Å². The lowest BCUT2D eigenvalue weighted by Gasteiger charge is -2.28. The van der Waals surface area contributed by atoms with Crippen molar-refractivity contribution in [3.8, 4) is 11.5 Å². The quantitative estimate of drug-likeness (QED) is 0.601. The van der Waals surface area contributed by atoms with Crippen LogP contribution in [0, 0.1) is 0 Å². The Morgan fingerprint density at radius 2 is 1.65 bits per heavy atom. The molecule has 0 unspecified atom stereocenters. The predicted octanol–water partition coefficient (Wildman–Crippen LogP) is 3.52. The predicted molar refractivity (Wildman–Crippen MR) is 123 cm³/mol. The Balaban J connectivity index is 2.15. The highest BCUT2D eigenvalue weighted by Crippen LogP contribution is 2.29. The first kappa shape index (κ1) is 24.5. The van der Waals surface area contributed by atoms with Crippen LogP contribution in [0.25, 0.3) is 0 Å². The minimum Gasteiger partial charge on any atom is -0.493 e. The molecule has 0 aliphatic rings. The molecular formula is C23H32N2O5S. The summed E-state index contributed by atoms with van der Waals surface area (Å²) in [7, 11) is -2.10. The van der Waals surface area contributed by atoms with Gasteiger partial charge in [-0.05, 0) is 62.6 Å². The Hall–Kier alpha value is -2.74. The van der Waals surface area contributed by atoms with Gasteiger partial charge < -0.3 is 14.8 Å². The SMILES string of the molecule is CCc1ccc(N([C@@H](C)C(=O)NCc2ccc(OC(C)C)c(OC)c2)S(C)(=O)=O)cc1. The average molecular weight is 449 g/mol. The average Bonchev–Trinajstić information content (AvgIpc) is 2.71. The van der Waals surface area contributed by atoms with Crippen LogP contribution in [-0.4, -0.2) is 39.8 Å². The molecule has 0 radical (unpaired) electrons. The maximum Gasteiger partial charge on any atom is 0.243 e. The molecule has 0 aromatic heterocycles. The van der Waals surface area contributed by atoms with Crippen molar-refractivity contribution in [2.24, 2.45) is 0 Å². The van der Waals surface area contributed by atoms with Crippen molar-refractivity contribution in [1.82, 2.24) is 5.32 Å². The highest BCUT2D eigenvalue weighted by atomic mass is 32.2. The number of nitrogens with zero attached hydrogens (tertiary/aromatic N) is 1. The van der Waals surface area contributed by atoms with E-state index < -0.39 is 22.0 Å². The van der Waals surface area contributed by atoms with Gasteiger partial charge in [0.25, 0.3) is 0 Å². The summed E-state index contributed by atoms with van der Waals surface area (Å²) >= 11 is 0. The third-order valence-corrected chi connectivity index (χ3v) is 5.99. The molecule has 2 rings (SSSR count). The summed E-state index contributed by atoms with van der Waals surface area (Å²) in [4.78, 5) is 12.8. The van der Waals surface area contributed by atoms with Gasteiger partial charge in [0.15, 0.2) is 11.5 Å². The topological polar surface area (TPSA) is 84.9 Å². The second-order valence-corrected chi connectivity index (χ2v) is 9.48. The van der Waals surface area contributed by atoms with Crippen molar-refractivity contribution >= 4 is 21.6 Å². The van der Waals surface area contributed by atoms with Gasteiger partial charge in [-0.1, -0.05) is 25.1 Å². The van der Waals surface area contributed by atoms with Crippen molar-refractivity contribution < 1.29 is 22.7 Å². The largest absolute Gasteiger partial charge is 0.493 e. The van der Waals surface area contributed by atoms with Gasteiger partial charge in [0, 0.05) is 6.54 Å². The van der Waals surface area contributed by atoms with E-state index in [-0.39, 0.29) is 12.6 Å². The van der Waals surface area contributed by atoms with Gasteiger partial charge in [-0.2, -0.15) is 0 Å². The maximum absolute atomic E-state index is 12.8. The van der Waals surface area contributed by atoms with Gasteiger partial charge in [0.1, 0.15) is 6.04 Å². The molecule has 2 aromatic rings. The number of methoxy groups -OCH3 is 1. The van der Waals surface area contributed by atoms with Crippen LogP contribution in [0.1, 0.15) is 38.8 Å². The lowest BCUT2D eigenvalue weighted by Crippen LogP contribution is -2.47. The molecule has 1 atom stereocenters. The number of hydrogen-bond donors (Lipinski definition) is 1. The molecule has 1 N–H and O–H groups in total. The van der Waals surface area contributed by atoms with Crippen molar-refractivity contribution in [3.63, 3.8) is 0 Å². The summed E-state index contributed by atoms with van der Waals surface area (Å²) in [6.07, 6.45) is 1.95. The molecule has 0 saturated carbocycles. The number of aryl methyl sites for hydroxylation is 1. The van der Waals surface area contributed by atoms with Crippen molar-refractivity contribution in [3.05, 3.63) is 53.6 Å². The fourth-order valence-corrected chi connectivity index (χ4v) is 4.37. The summed E-state index contributed by atoms with van der Waals surface area (Å²) in [5.41, 5.74) is 2.36. The molecule has 0 bridgehead atoms. The molecule has 0 fully saturated rings. The third-order valence-electron chi connectivity index (χ3n) is 4.75. The first-order chi connectivity index (χ1) is 14.6. The summed E-state index contributed by atoms with van der Waals surface area (Å²) in [5, 5.41) is 2.81. The van der Waals surface area contributed by atoms with E-state index in [0.29, 0.717) is 17.2 Å². The van der Waals surface area contributed by atoms with E-state index in [9.17, 15) is 13.2 Å². The van der Waals surface area contributed by atoms with Crippen LogP contribution in [-0.2, 0) is 27.8 Å². The molecule has 8 heteroatoms. The Labute approximate surface area is 185 Å². The van der Waals surface area contributed by atoms with Crippen LogP contribution in [0.3, 0.4) is 0 Å². The zero-order valence-electron chi connectivity index (χ0n) is 19.0. The first-order valence-corrected chi connectivity index (χ1v) is 12.1. The summed E-state index contributed by atoms with van der Waals surface area (Å²) in [6, 6.07) is 11.7. The number of benzene rings is 2. The summed E-state index contributed by atoms with van der Waals surface area (Å²) in [6.45, 7) is 7.69. The Bertz CT molecular complexity index is 988. The van der Waals surface area contributed by atoms with E-state index in [0.717, 1.165) is 28.1 Å². The van der Waals surface area contributed by atoms with E-state index in [1.807, 2.05) is 39.0 Å². The zero-order chi connectivity index (χ0) is 23.2. The van der Waals surface area contributed by atoms with E-state index in [2.05, 4.69) is 5.32 Å². The van der Waals surface area contributed by atoms with E-state index in [4.69, 9.17) is 9.47 Å². The summed E-state index contributed by atoms with van der Waals surface area (Å²) < 4.78 is 37.1. The number of nitrogens with one attached hydrogen (secondary N) is 1. The third kappa shape index (κ3) is 6.62. The highest BCUT2D eigenvalue weighted by molar-refractivity contribution is 7.92. The number of rotatable bonds is 10. The molecule has 0 aliphatic heterocycles. The van der Waals surface area contributed by atoms with Gasteiger partial charge in [-0.15, -0.1) is 0 Å². The van der Waals surface area contributed by atoms with Crippen LogP contribution < -0.4 is 19.1 Å². The van der Waals surface area contributed by atoms with Gasteiger partial charge in [0.05, 0.1) is 25.2 Å². The van der Waals surface area contributed by atoms with E-state index >= 15 is 0 Å². The Kier molecular flexibility index (Phi) is 8.33. The zero-order valence-corrected chi connectivity index (χ0v) is 19.8. The monoisotopic (exact) mass is 448 g/mol. The molecule has 170 valence electrons. The van der Waals surface area contributed by atoms with E-state index in [1.54, 1.807) is 38.3 Å². The Morgan fingerprint density at radius 1 is 1.03 bits per heavy atom. The normalized spacial score (nSPS) is 12.4. The second-order valence-electron chi connectivity index (χ2n) is 7.62. The smallest absolute Gasteiger partial charge is 0.243 e. The van der Waals surface area contributed by atoms with E-state index in [1.165, 1.54) is 0 Å². The number of sulfonamides is 1. The second kappa shape index (κ2) is 10.5. The van der Waals surface area contributed by atoms with Gasteiger partial charge in [0.2, 0.25) is 15.9 Å². The molecule has 1 amide bonds. The van der Waals surface area contributed by atoms with Crippen molar-refractivity contribution in [1.29, 1.82) is 0 Å². The van der Waals surface area contributed by atoms with Crippen LogP contribution >= 0.6 is 0 Å². The number of amides is 1. The fraction of sp³-hybridized carbons (Fsp3) is 0.435. The number of ether oxygens (including phenoxy) is 2. The minimum atomic E-state index is -3.66. The number of carbonyl (C=O) groups is 1. The molecular weight excluding hydrogens is 416 g/mol. The lowest BCUT2D eigenvalue weighted by atomic mass is 10.1. The number of carbonyl (C=O) groups excluding carboxylic acids is 1. The fourth-order valence-electron chi connectivity index (χ4n) is 3.20. The standard InChI is InChI=1S/C23H32N2O5S/c1-7-18-8-11-20(12-9-18)25(31(6,27)28)17(4)23(26)24-15-19-10-13-21(30-16(2)3)22(14-19)29-5/h8-14,16-17H,7,15H2,1-6H3,(H,24,26)/t17-/m0/s1. The summed E-state index contributed by atoms with van der Waals surface area (Å²) in [5.74, 6) is 0.800. The minimum absolute atomic E-state index is 0.00803. The lowest BCUT2D eigenvalue weighted by molar-refractivity contribution is -0.122. The molecule has 0 spiro atoms. The van der Waals surface area contributed by atoms with Gasteiger partial charge in [-0.3, -0.25) is 9.10 Å². The Morgan fingerprint density at radius 3 is 2.16 bits per heavy atom. The molecule has 2 aromatic carbocycles. The van der Waals surface area contributed by atoms with Gasteiger partial charge >= 0.3 is 0 Å². The maximum atomic E-state index is 12.8. The molecule has 0 heterocycles. The number of hydrogen-bond acceptors (Lipinski definition) is 5. The first-order valence-electron chi connectivity index (χ1n) is 10.3. The van der Waals surface area contributed by atoms with Crippen LogP contribution in [0.4, 0.5) is 5.69 Å². The highest BCUT2D eigenvalue weighted by Gasteiger charge is 2.29.